The van der Waals surface area contributed by atoms with Gasteiger partial charge in [0.05, 0.1) is 26.0 Å². The lowest BCUT2D eigenvalue weighted by Gasteiger charge is -2.29. The average Bonchev–Trinajstić information content (AvgIpc) is 2.39. The van der Waals surface area contributed by atoms with Crippen LogP contribution in [0.2, 0.25) is 0 Å². The molecule has 1 fully saturated rings. The first-order valence-electron chi connectivity index (χ1n) is 5.71. The van der Waals surface area contributed by atoms with Crippen LogP contribution in [0.25, 0.3) is 0 Å². The summed E-state index contributed by atoms with van der Waals surface area (Å²) in [5.41, 5.74) is 2.03. The van der Waals surface area contributed by atoms with Crippen LogP contribution in [0.15, 0.2) is 18.2 Å². The highest BCUT2D eigenvalue weighted by atomic mass is 16.5. The fourth-order valence-electron chi connectivity index (χ4n) is 1.98. The Morgan fingerprint density at radius 2 is 2.06 bits per heavy atom. The lowest BCUT2D eigenvalue weighted by molar-refractivity contribution is 0.122. The van der Waals surface area contributed by atoms with Crippen LogP contribution in [-0.4, -0.2) is 40.5 Å². The van der Waals surface area contributed by atoms with Crippen molar-refractivity contribution >= 4 is 11.4 Å². The van der Waals surface area contributed by atoms with Gasteiger partial charge in [-0.2, -0.15) is 0 Å². The Bertz CT molecular complexity index is 376. The van der Waals surface area contributed by atoms with E-state index >= 15 is 0 Å². The van der Waals surface area contributed by atoms with Crippen LogP contribution in [-0.2, 0) is 4.74 Å². The summed E-state index contributed by atoms with van der Waals surface area (Å²) in [5.74, 6) is 6.53. The molecule has 1 heterocycles. The van der Waals surface area contributed by atoms with Gasteiger partial charge in [-0.05, 0) is 12.1 Å². The second kappa shape index (κ2) is 5.25. The first kappa shape index (κ1) is 12.0. The van der Waals surface area contributed by atoms with Crippen molar-refractivity contribution in [3.63, 3.8) is 0 Å². The lowest BCUT2D eigenvalue weighted by atomic mass is 10.2. The summed E-state index contributed by atoms with van der Waals surface area (Å²) in [5, 5.41) is 1.56. The summed E-state index contributed by atoms with van der Waals surface area (Å²) in [6.07, 6.45) is 0. The zero-order valence-electron chi connectivity index (χ0n) is 10.3. The monoisotopic (exact) mass is 237 g/mol. The Labute approximate surface area is 102 Å². The van der Waals surface area contributed by atoms with E-state index in [1.54, 1.807) is 19.2 Å². The van der Waals surface area contributed by atoms with Gasteiger partial charge in [0.2, 0.25) is 0 Å². The third-order valence-electron chi connectivity index (χ3n) is 2.92. The molecule has 1 aromatic rings. The van der Waals surface area contributed by atoms with Gasteiger partial charge in [-0.15, -0.1) is 0 Å². The van der Waals surface area contributed by atoms with E-state index in [9.17, 15) is 0 Å². The maximum Gasteiger partial charge on any atom is 0.145 e. The number of morpholine rings is 1. The van der Waals surface area contributed by atoms with Crippen LogP contribution in [0, 0.1) is 0 Å². The van der Waals surface area contributed by atoms with Gasteiger partial charge in [-0.25, -0.2) is 5.84 Å². The summed E-state index contributed by atoms with van der Waals surface area (Å²) in [7, 11) is 3.46. The fraction of sp³-hybridized carbons (Fsp3) is 0.500. The van der Waals surface area contributed by atoms with E-state index in [2.05, 4.69) is 11.0 Å². The van der Waals surface area contributed by atoms with Gasteiger partial charge in [-0.3, -0.25) is 0 Å². The molecule has 0 spiro atoms. The van der Waals surface area contributed by atoms with Crippen LogP contribution >= 0.6 is 0 Å². The molecule has 0 aromatic heterocycles. The first-order valence-corrected chi connectivity index (χ1v) is 5.71. The Balaban J connectivity index is 2.24. The maximum absolute atomic E-state index is 5.74. The Morgan fingerprint density at radius 1 is 1.35 bits per heavy atom. The SMILES string of the molecule is COc1cc(N2CCOCC2)ccc1N(C)N. The van der Waals surface area contributed by atoms with Crippen molar-refractivity contribution in [2.45, 2.75) is 0 Å². The molecule has 1 aliphatic rings. The molecule has 0 amide bonds. The highest BCUT2D eigenvalue weighted by molar-refractivity contribution is 5.65. The van der Waals surface area contributed by atoms with Gasteiger partial charge in [0.25, 0.3) is 0 Å². The first-order chi connectivity index (χ1) is 8.22. The number of hydrogen-bond donors (Lipinski definition) is 1. The van der Waals surface area contributed by atoms with E-state index in [0.29, 0.717) is 0 Å². The molecule has 5 heteroatoms. The molecule has 17 heavy (non-hydrogen) atoms. The third kappa shape index (κ3) is 2.62. The number of methoxy groups -OCH3 is 1. The van der Waals surface area contributed by atoms with Gasteiger partial charge >= 0.3 is 0 Å². The summed E-state index contributed by atoms with van der Waals surface area (Å²) in [6, 6.07) is 6.06. The van der Waals surface area contributed by atoms with Crippen molar-refractivity contribution in [3.05, 3.63) is 18.2 Å². The fourth-order valence-corrected chi connectivity index (χ4v) is 1.98. The van der Waals surface area contributed by atoms with Crippen molar-refractivity contribution in [3.8, 4) is 5.75 Å². The molecule has 0 unspecified atom stereocenters. The second-order valence-electron chi connectivity index (χ2n) is 4.07. The molecule has 1 aliphatic heterocycles. The van der Waals surface area contributed by atoms with Gasteiger partial charge in [0.1, 0.15) is 5.75 Å². The highest BCUT2D eigenvalue weighted by Crippen LogP contribution is 2.31. The van der Waals surface area contributed by atoms with Crippen molar-refractivity contribution in [2.24, 2.45) is 5.84 Å². The standard InChI is InChI=1S/C12H19N3O2/c1-14(13)11-4-3-10(9-12(11)16-2)15-5-7-17-8-6-15/h3-4,9H,5-8,13H2,1-2H3. The molecular formula is C12H19N3O2. The zero-order chi connectivity index (χ0) is 12.3. The van der Waals surface area contributed by atoms with Gasteiger partial charge < -0.3 is 19.4 Å². The number of benzene rings is 1. The van der Waals surface area contributed by atoms with Crippen molar-refractivity contribution in [1.29, 1.82) is 0 Å². The van der Waals surface area contributed by atoms with Crippen LogP contribution in [0.1, 0.15) is 0 Å². The Kier molecular flexibility index (Phi) is 3.71. The van der Waals surface area contributed by atoms with Crippen molar-refractivity contribution in [2.75, 3.05) is 50.4 Å². The molecule has 0 bridgehead atoms. The topological polar surface area (TPSA) is 51.0 Å². The smallest absolute Gasteiger partial charge is 0.145 e. The van der Waals surface area contributed by atoms with E-state index < -0.39 is 0 Å². The van der Waals surface area contributed by atoms with Crippen molar-refractivity contribution in [1.82, 2.24) is 0 Å². The molecular weight excluding hydrogens is 218 g/mol. The Hall–Kier alpha value is -1.46. The predicted octanol–water partition coefficient (Wildman–Crippen LogP) is 0.842. The lowest BCUT2D eigenvalue weighted by Crippen LogP contribution is -2.36. The minimum Gasteiger partial charge on any atom is -0.494 e. The number of ether oxygens (including phenoxy) is 2. The van der Waals surface area contributed by atoms with Gasteiger partial charge in [0.15, 0.2) is 0 Å². The van der Waals surface area contributed by atoms with Crippen molar-refractivity contribution < 1.29 is 9.47 Å². The van der Waals surface area contributed by atoms with E-state index in [4.69, 9.17) is 15.3 Å². The minimum atomic E-state index is 0.779. The molecule has 0 atom stereocenters. The van der Waals surface area contributed by atoms with Crippen LogP contribution in [0.3, 0.4) is 0 Å². The number of hydrogen-bond acceptors (Lipinski definition) is 5. The highest BCUT2D eigenvalue weighted by Gasteiger charge is 2.14. The molecule has 94 valence electrons. The van der Waals surface area contributed by atoms with Gasteiger partial charge in [0, 0.05) is 31.9 Å². The van der Waals surface area contributed by atoms with Crippen LogP contribution in [0.4, 0.5) is 11.4 Å². The molecule has 1 aromatic carbocycles. The summed E-state index contributed by atoms with van der Waals surface area (Å²) in [4.78, 5) is 2.28. The number of rotatable bonds is 3. The molecule has 2 N–H and O–H groups in total. The van der Waals surface area contributed by atoms with E-state index in [1.807, 2.05) is 12.1 Å². The summed E-state index contributed by atoms with van der Waals surface area (Å²) >= 11 is 0. The van der Waals surface area contributed by atoms with Gasteiger partial charge in [-0.1, -0.05) is 0 Å². The molecule has 2 rings (SSSR count). The van der Waals surface area contributed by atoms with Crippen LogP contribution < -0.4 is 20.5 Å². The molecule has 0 radical (unpaired) electrons. The minimum absolute atomic E-state index is 0.779. The number of anilines is 2. The summed E-state index contributed by atoms with van der Waals surface area (Å²) in [6.45, 7) is 3.39. The van der Waals surface area contributed by atoms with E-state index in [1.165, 1.54) is 0 Å². The average molecular weight is 237 g/mol. The molecule has 1 saturated heterocycles. The van der Waals surface area contributed by atoms with E-state index in [-0.39, 0.29) is 0 Å². The predicted molar refractivity (Wildman–Crippen MR) is 68.6 cm³/mol. The maximum atomic E-state index is 5.74. The molecule has 0 aliphatic carbocycles. The molecule has 0 saturated carbocycles. The summed E-state index contributed by atoms with van der Waals surface area (Å²) < 4.78 is 10.7. The van der Waals surface area contributed by atoms with Crippen LogP contribution in [0.5, 0.6) is 5.75 Å². The second-order valence-corrected chi connectivity index (χ2v) is 4.07. The molecule has 5 nitrogen and oxygen atoms in total. The third-order valence-corrected chi connectivity index (χ3v) is 2.92. The largest absolute Gasteiger partial charge is 0.494 e. The number of nitrogens with zero attached hydrogens (tertiary/aromatic N) is 2. The normalized spacial score (nSPS) is 15.8. The number of nitrogens with two attached hydrogens (primary N) is 1. The quantitative estimate of drug-likeness (QED) is 0.623. The zero-order valence-corrected chi connectivity index (χ0v) is 10.3. The Morgan fingerprint density at radius 3 is 2.65 bits per heavy atom. The number of hydrazine groups is 1. The van der Waals surface area contributed by atoms with E-state index in [0.717, 1.165) is 43.4 Å².